The molecule has 1 heterocycles. The van der Waals surface area contributed by atoms with E-state index in [9.17, 15) is 9.65 Å². The van der Waals surface area contributed by atoms with Gasteiger partial charge in [0.05, 0.1) is 23.7 Å². The highest BCUT2D eigenvalue weighted by atomic mass is 35.5. The molecule has 0 aliphatic rings. The molecular weight excluding hydrogens is 417 g/mol. The number of H-pyrrole nitrogens is 1. The van der Waals surface area contributed by atoms with Crippen molar-refractivity contribution in [3.8, 4) is 17.6 Å². The number of methoxy groups -OCH3 is 1. The molecule has 0 amide bonds. The van der Waals surface area contributed by atoms with E-state index >= 15 is 0 Å². The molecule has 1 N–H and O–H groups in total. The molecule has 0 spiro atoms. The third kappa shape index (κ3) is 4.52. The average molecular weight is 434 g/mol. The van der Waals surface area contributed by atoms with E-state index in [1.165, 1.54) is 12.1 Å². The summed E-state index contributed by atoms with van der Waals surface area (Å²) in [7, 11) is 1.55. The molecule has 0 aliphatic carbocycles. The SMILES string of the molecule is COc1cc(/C=C(/C#N)c2nc3ccc(F)cc3[nH]2)ccc1OCc1ccccc1Cl. The Bertz CT molecular complexity index is 1320. The molecule has 4 aromatic rings. The molecule has 7 heteroatoms. The lowest BCUT2D eigenvalue weighted by atomic mass is 10.1. The zero-order chi connectivity index (χ0) is 21.8. The molecule has 0 atom stereocenters. The van der Waals surface area contributed by atoms with Crippen molar-refractivity contribution in [1.29, 1.82) is 5.26 Å². The lowest BCUT2D eigenvalue weighted by Gasteiger charge is -2.12. The Kier molecular flexibility index (Phi) is 5.87. The second-order valence-electron chi connectivity index (χ2n) is 6.71. The number of fused-ring (bicyclic) bond motifs is 1. The minimum absolute atomic E-state index is 0.296. The summed E-state index contributed by atoms with van der Waals surface area (Å²) in [5.74, 6) is 1.06. The van der Waals surface area contributed by atoms with Gasteiger partial charge in [0.15, 0.2) is 11.5 Å². The van der Waals surface area contributed by atoms with Gasteiger partial charge in [-0.3, -0.25) is 0 Å². The Balaban J connectivity index is 1.60. The fraction of sp³-hybridized carbons (Fsp3) is 0.0833. The van der Waals surface area contributed by atoms with Crippen molar-refractivity contribution in [1.82, 2.24) is 9.97 Å². The number of allylic oxidation sites excluding steroid dienone is 1. The van der Waals surface area contributed by atoms with Gasteiger partial charge in [-0.2, -0.15) is 5.26 Å². The van der Waals surface area contributed by atoms with Crippen LogP contribution in [0.5, 0.6) is 11.5 Å². The predicted molar refractivity (Wildman–Crippen MR) is 118 cm³/mol. The number of aromatic amines is 1. The Labute approximate surface area is 183 Å². The molecule has 0 bridgehead atoms. The largest absolute Gasteiger partial charge is 0.493 e. The third-order valence-corrected chi connectivity index (χ3v) is 5.03. The van der Waals surface area contributed by atoms with Gasteiger partial charge in [-0.1, -0.05) is 35.9 Å². The summed E-state index contributed by atoms with van der Waals surface area (Å²) in [5.41, 5.74) is 3.01. The Morgan fingerprint density at radius 3 is 2.77 bits per heavy atom. The molecule has 1 aromatic heterocycles. The number of ether oxygens (including phenoxy) is 2. The first-order chi connectivity index (χ1) is 15.1. The summed E-state index contributed by atoms with van der Waals surface area (Å²) in [4.78, 5) is 7.35. The van der Waals surface area contributed by atoms with E-state index in [0.29, 0.717) is 45.6 Å². The Morgan fingerprint density at radius 2 is 2.00 bits per heavy atom. The highest BCUT2D eigenvalue weighted by molar-refractivity contribution is 6.31. The minimum Gasteiger partial charge on any atom is -0.493 e. The number of nitriles is 1. The number of aromatic nitrogens is 2. The summed E-state index contributed by atoms with van der Waals surface area (Å²) in [6.07, 6.45) is 1.68. The molecule has 4 rings (SSSR count). The number of benzene rings is 3. The first-order valence-corrected chi connectivity index (χ1v) is 9.77. The first kappa shape index (κ1) is 20.5. The van der Waals surface area contributed by atoms with Crippen molar-refractivity contribution in [2.75, 3.05) is 7.11 Å². The molecule has 0 saturated heterocycles. The van der Waals surface area contributed by atoms with Crippen LogP contribution in [-0.2, 0) is 6.61 Å². The third-order valence-electron chi connectivity index (χ3n) is 4.66. The zero-order valence-electron chi connectivity index (χ0n) is 16.5. The van der Waals surface area contributed by atoms with Crippen molar-refractivity contribution < 1.29 is 13.9 Å². The Hall–Kier alpha value is -3.82. The summed E-state index contributed by atoms with van der Waals surface area (Å²) in [6.45, 7) is 0.296. The van der Waals surface area contributed by atoms with Crippen LogP contribution in [0.3, 0.4) is 0 Å². The van der Waals surface area contributed by atoms with Crippen LogP contribution in [0.1, 0.15) is 17.0 Å². The maximum Gasteiger partial charge on any atom is 0.161 e. The summed E-state index contributed by atoms with van der Waals surface area (Å²) in [6, 6.07) is 19.2. The normalized spacial score (nSPS) is 11.4. The van der Waals surface area contributed by atoms with Crippen LogP contribution in [0.2, 0.25) is 5.02 Å². The van der Waals surface area contributed by atoms with Crippen LogP contribution in [0.25, 0.3) is 22.7 Å². The van der Waals surface area contributed by atoms with E-state index < -0.39 is 0 Å². The van der Waals surface area contributed by atoms with Gasteiger partial charge < -0.3 is 14.5 Å². The van der Waals surface area contributed by atoms with E-state index in [-0.39, 0.29) is 5.82 Å². The predicted octanol–water partition coefficient (Wildman–Crippen LogP) is 6.01. The first-order valence-electron chi connectivity index (χ1n) is 9.39. The van der Waals surface area contributed by atoms with Crippen LogP contribution < -0.4 is 9.47 Å². The van der Waals surface area contributed by atoms with Gasteiger partial charge in [0, 0.05) is 10.6 Å². The number of hydrogen-bond acceptors (Lipinski definition) is 4. The highest BCUT2D eigenvalue weighted by Crippen LogP contribution is 2.31. The monoisotopic (exact) mass is 433 g/mol. The van der Waals surface area contributed by atoms with Gasteiger partial charge in [0.1, 0.15) is 24.3 Å². The molecule has 0 aliphatic heterocycles. The maximum absolute atomic E-state index is 13.4. The minimum atomic E-state index is -0.373. The molecule has 3 aromatic carbocycles. The molecule has 0 fully saturated rings. The molecular formula is C24H17ClFN3O2. The van der Waals surface area contributed by atoms with Crippen LogP contribution in [0, 0.1) is 17.1 Å². The second kappa shape index (κ2) is 8.90. The number of imidazole rings is 1. The number of hydrogen-bond donors (Lipinski definition) is 1. The van der Waals surface area contributed by atoms with Crippen LogP contribution >= 0.6 is 11.6 Å². The molecule has 31 heavy (non-hydrogen) atoms. The van der Waals surface area contributed by atoms with Crippen LogP contribution in [0.15, 0.2) is 60.7 Å². The summed E-state index contributed by atoms with van der Waals surface area (Å²) >= 11 is 6.18. The molecule has 0 unspecified atom stereocenters. The van der Waals surface area contributed by atoms with Crippen LogP contribution in [-0.4, -0.2) is 17.1 Å². The number of rotatable bonds is 6. The lowest BCUT2D eigenvalue weighted by Crippen LogP contribution is -1.98. The van der Waals surface area contributed by atoms with Crippen molar-refractivity contribution >= 4 is 34.3 Å². The van der Waals surface area contributed by atoms with Crippen LogP contribution in [0.4, 0.5) is 4.39 Å². The number of nitrogens with one attached hydrogen (secondary N) is 1. The van der Waals surface area contributed by atoms with Gasteiger partial charge >= 0.3 is 0 Å². The number of nitrogens with zero attached hydrogens (tertiary/aromatic N) is 2. The van der Waals surface area contributed by atoms with Gasteiger partial charge in [0.25, 0.3) is 0 Å². The summed E-state index contributed by atoms with van der Waals surface area (Å²) < 4.78 is 24.7. The van der Waals surface area contributed by atoms with E-state index in [1.807, 2.05) is 24.3 Å². The Morgan fingerprint density at radius 1 is 1.16 bits per heavy atom. The smallest absolute Gasteiger partial charge is 0.161 e. The topological polar surface area (TPSA) is 70.9 Å². The highest BCUT2D eigenvalue weighted by Gasteiger charge is 2.11. The molecule has 0 radical (unpaired) electrons. The van der Waals surface area contributed by atoms with Gasteiger partial charge in [-0.05, 0) is 48.0 Å². The van der Waals surface area contributed by atoms with Crippen molar-refractivity contribution in [2.24, 2.45) is 0 Å². The quantitative estimate of drug-likeness (QED) is 0.378. The van der Waals surface area contributed by atoms with Crippen molar-refractivity contribution in [2.45, 2.75) is 6.61 Å². The summed E-state index contributed by atoms with van der Waals surface area (Å²) in [5, 5.41) is 10.2. The van der Waals surface area contributed by atoms with Gasteiger partial charge in [-0.25, -0.2) is 9.37 Å². The lowest BCUT2D eigenvalue weighted by molar-refractivity contribution is 0.284. The van der Waals surface area contributed by atoms with Crippen molar-refractivity contribution in [3.63, 3.8) is 0 Å². The standard InChI is InChI=1S/C24H17ClFN3O2/c1-30-23-11-15(6-9-22(23)31-14-16-4-2-3-5-19(16)25)10-17(13-27)24-28-20-8-7-18(26)12-21(20)29-24/h2-12H,14H2,1H3,(H,28,29)/b17-10-. The molecule has 154 valence electrons. The van der Waals surface area contributed by atoms with E-state index in [1.54, 1.807) is 37.5 Å². The van der Waals surface area contributed by atoms with E-state index in [2.05, 4.69) is 16.0 Å². The van der Waals surface area contributed by atoms with Gasteiger partial charge in [-0.15, -0.1) is 0 Å². The fourth-order valence-electron chi connectivity index (χ4n) is 3.09. The van der Waals surface area contributed by atoms with E-state index in [4.69, 9.17) is 21.1 Å². The second-order valence-corrected chi connectivity index (χ2v) is 7.11. The van der Waals surface area contributed by atoms with Crippen molar-refractivity contribution in [3.05, 3.63) is 88.5 Å². The number of halogens is 2. The van der Waals surface area contributed by atoms with E-state index in [0.717, 1.165) is 11.1 Å². The molecule has 5 nitrogen and oxygen atoms in total. The fourth-order valence-corrected chi connectivity index (χ4v) is 3.28. The van der Waals surface area contributed by atoms with Gasteiger partial charge in [0.2, 0.25) is 0 Å². The zero-order valence-corrected chi connectivity index (χ0v) is 17.3. The average Bonchev–Trinajstić information content (AvgIpc) is 3.20. The maximum atomic E-state index is 13.4. The molecule has 0 saturated carbocycles.